The summed E-state index contributed by atoms with van der Waals surface area (Å²) in [5, 5.41) is 10.9. The molecule has 0 unspecified atom stereocenters. The molecule has 0 fully saturated rings. The summed E-state index contributed by atoms with van der Waals surface area (Å²) < 4.78 is 26.1. The molecule has 0 saturated carbocycles. The highest BCUT2D eigenvalue weighted by Crippen LogP contribution is 2.26. The van der Waals surface area contributed by atoms with Gasteiger partial charge in [0.15, 0.2) is 0 Å². The monoisotopic (exact) mass is 321 g/mol. The number of nitrogens with zero attached hydrogens (tertiary/aromatic N) is 2. The third-order valence-corrected chi connectivity index (χ3v) is 4.95. The van der Waals surface area contributed by atoms with Crippen molar-refractivity contribution >= 4 is 21.4 Å². The summed E-state index contributed by atoms with van der Waals surface area (Å²) in [7, 11) is -2.42. The van der Waals surface area contributed by atoms with Crippen molar-refractivity contribution in [2.75, 3.05) is 12.8 Å². The van der Waals surface area contributed by atoms with E-state index in [9.17, 15) is 18.5 Å². The number of rotatable bonds is 5. The van der Waals surface area contributed by atoms with Crippen LogP contribution >= 0.6 is 0 Å². The van der Waals surface area contributed by atoms with Gasteiger partial charge in [0.05, 0.1) is 9.82 Å². The minimum Gasteiger partial charge on any atom is -0.393 e. The second-order valence-electron chi connectivity index (χ2n) is 4.72. The highest BCUT2D eigenvalue weighted by atomic mass is 32.2. The van der Waals surface area contributed by atoms with Crippen LogP contribution < -0.4 is 5.73 Å². The van der Waals surface area contributed by atoms with Crippen LogP contribution in [-0.2, 0) is 16.6 Å². The van der Waals surface area contributed by atoms with Gasteiger partial charge in [-0.2, -0.15) is 4.31 Å². The lowest BCUT2D eigenvalue weighted by atomic mass is 10.2. The van der Waals surface area contributed by atoms with Crippen LogP contribution in [-0.4, -0.2) is 24.7 Å². The number of sulfonamides is 1. The molecule has 7 nitrogen and oxygen atoms in total. The van der Waals surface area contributed by atoms with Crippen LogP contribution in [0.1, 0.15) is 5.56 Å². The smallest absolute Gasteiger partial charge is 0.293 e. The second kappa shape index (κ2) is 6.12. The van der Waals surface area contributed by atoms with Gasteiger partial charge in [-0.25, -0.2) is 8.42 Å². The molecule has 0 atom stereocenters. The summed E-state index contributed by atoms with van der Waals surface area (Å²) >= 11 is 0. The summed E-state index contributed by atoms with van der Waals surface area (Å²) in [6.07, 6.45) is 0. The van der Waals surface area contributed by atoms with E-state index in [1.54, 1.807) is 12.1 Å². The van der Waals surface area contributed by atoms with E-state index in [4.69, 9.17) is 5.73 Å². The molecule has 0 amide bonds. The molecule has 0 aliphatic rings. The van der Waals surface area contributed by atoms with E-state index < -0.39 is 20.6 Å². The molecule has 0 aromatic heterocycles. The van der Waals surface area contributed by atoms with Gasteiger partial charge in [-0.15, -0.1) is 0 Å². The molecule has 22 heavy (non-hydrogen) atoms. The van der Waals surface area contributed by atoms with Crippen molar-refractivity contribution in [2.24, 2.45) is 0 Å². The quantitative estimate of drug-likeness (QED) is 0.515. The normalized spacial score (nSPS) is 11.5. The van der Waals surface area contributed by atoms with Crippen molar-refractivity contribution in [2.45, 2.75) is 11.4 Å². The Kier molecular flexibility index (Phi) is 4.43. The number of hydrogen-bond donors (Lipinski definition) is 1. The van der Waals surface area contributed by atoms with Gasteiger partial charge >= 0.3 is 0 Å². The van der Waals surface area contributed by atoms with E-state index in [0.29, 0.717) is 0 Å². The summed E-state index contributed by atoms with van der Waals surface area (Å²) in [4.78, 5) is 10.0. The first-order valence-electron chi connectivity index (χ1n) is 6.36. The number of nitro benzene ring substituents is 1. The second-order valence-corrected chi connectivity index (χ2v) is 6.77. The average molecular weight is 321 g/mol. The zero-order valence-corrected chi connectivity index (χ0v) is 12.7. The lowest BCUT2D eigenvalue weighted by Crippen LogP contribution is -2.26. The standard InChI is InChI=1S/C14H15N3O4S/c1-16(10-11-5-3-2-4-6-11)22(20,21)12-7-8-13(15)14(9-12)17(18)19/h2-9H,10,15H2,1H3. The van der Waals surface area contributed by atoms with Crippen molar-refractivity contribution in [3.8, 4) is 0 Å². The lowest BCUT2D eigenvalue weighted by molar-refractivity contribution is -0.384. The molecule has 0 spiro atoms. The fourth-order valence-electron chi connectivity index (χ4n) is 1.95. The third kappa shape index (κ3) is 3.23. The van der Waals surface area contributed by atoms with Crippen LogP contribution in [0.2, 0.25) is 0 Å². The molecular weight excluding hydrogens is 306 g/mol. The number of nitrogen functional groups attached to an aromatic ring is 1. The van der Waals surface area contributed by atoms with Crippen molar-refractivity contribution in [1.82, 2.24) is 4.31 Å². The fourth-order valence-corrected chi connectivity index (χ4v) is 3.13. The number of hydrogen-bond acceptors (Lipinski definition) is 5. The lowest BCUT2D eigenvalue weighted by Gasteiger charge is -2.17. The highest BCUT2D eigenvalue weighted by Gasteiger charge is 2.24. The van der Waals surface area contributed by atoms with E-state index in [1.807, 2.05) is 18.2 Å². The molecule has 2 N–H and O–H groups in total. The molecule has 0 heterocycles. The molecule has 116 valence electrons. The summed E-state index contributed by atoms with van der Waals surface area (Å²) in [6.45, 7) is 0.168. The Morgan fingerprint density at radius 1 is 1.18 bits per heavy atom. The predicted octanol–water partition coefficient (Wildman–Crippen LogP) is 2.00. The Morgan fingerprint density at radius 3 is 2.41 bits per heavy atom. The van der Waals surface area contributed by atoms with Crippen LogP contribution in [0.15, 0.2) is 53.4 Å². The van der Waals surface area contributed by atoms with Crippen LogP contribution in [0.4, 0.5) is 11.4 Å². The van der Waals surface area contributed by atoms with E-state index in [-0.39, 0.29) is 17.1 Å². The van der Waals surface area contributed by atoms with Crippen LogP contribution in [0, 0.1) is 10.1 Å². The van der Waals surface area contributed by atoms with Gasteiger partial charge < -0.3 is 5.73 Å². The highest BCUT2D eigenvalue weighted by molar-refractivity contribution is 7.89. The minimum atomic E-state index is -3.84. The zero-order chi connectivity index (χ0) is 16.3. The molecule has 2 aromatic carbocycles. The van der Waals surface area contributed by atoms with E-state index >= 15 is 0 Å². The SMILES string of the molecule is CN(Cc1ccccc1)S(=O)(=O)c1ccc(N)c([N+](=O)[O-])c1. The van der Waals surface area contributed by atoms with Gasteiger partial charge in [-0.05, 0) is 17.7 Å². The summed E-state index contributed by atoms with van der Waals surface area (Å²) in [6, 6.07) is 12.5. The Bertz CT molecular complexity index is 791. The van der Waals surface area contributed by atoms with Gasteiger partial charge in [-0.1, -0.05) is 30.3 Å². The Morgan fingerprint density at radius 2 is 1.82 bits per heavy atom. The minimum absolute atomic E-state index is 0.0744. The molecule has 0 aliphatic heterocycles. The van der Waals surface area contributed by atoms with Gasteiger partial charge in [0.1, 0.15) is 5.69 Å². The molecular formula is C14H15N3O4S. The van der Waals surface area contributed by atoms with Crippen molar-refractivity contribution < 1.29 is 13.3 Å². The Hall–Kier alpha value is -2.45. The fraction of sp³-hybridized carbons (Fsp3) is 0.143. The maximum atomic E-state index is 12.5. The number of benzene rings is 2. The largest absolute Gasteiger partial charge is 0.393 e. The zero-order valence-electron chi connectivity index (χ0n) is 11.8. The van der Waals surface area contributed by atoms with Crippen LogP contribution in [0.5, 0.6) is 0 Å². The Balaban J connectivity index is 2.34. The maximum absolute atomic E-state index is 12.5. The molecule has 0 saturated heterocycles. The van der Waals surface area contributed by atoms with Crippen LogP contribution in [0.25, 0.3) is 0 Å². The van der Waals surface area contributed by atoms with Crippen molar-refractivity contribution in [3.63, 3.8) is 0 Å². The molecule has 2 rings (SSSR count). The molecule has 0 bridgehead atoms. The maximum Gasteiger partial charge on any atom is 0.293 e. The first-order chi connectivity index (χ1) is 10.3. The van der Waals surface area contributed by atoms with E-state index in [0.717, 1.165) is 15.9 Å². The summed E-state index contributed by atoms with van der Waals surface area (Å²) in [5.74, 6) is 0. The van der Waals surface area contributed by atoms with Gasteiger partial charge in [0, 0.05) is 19.7 Å². The van der Waals surface area contributed by atoms with E-state index in [2.05, 4.69) is 0 Å². The molecule has 2 aromatic rings. The topological polar surface area (TPSA) is 107 Å². The average Bonchev–Trinajstić information content (AvgIpc) is 2.48. The third-order valence-electron chi connectivity index (χ3n) is 3.15. The molecule has 0 aliphatic carbocycles. The molecule has 0 radical (unpaired) electrons. The summed E-state index contributed by atoms with van der Waals surface area (Å²) in [5.41, 5.74) is 5.80. The van der Waals surface area contributed by atoms with E-state index in [1.165, 1.54) is 19.2 Å². The van der Waals surface area contributed by atoms with Gasteiger partial charge in [0.2, 0.25) is 10.0 Å². The van der Waals surface area contributed by atoms with Gasteiger partial charge in [-0.3, -0.25) is 10.1 Å². The van der Waals surface area contributed by atoms with Crippen molar-refractivity contribution in [3.05, 3.63) is 64.2 Å². The first kappa shape index (κ1) is 15.9. The van der Waals surface area contributed by atoms with Crippen molar-refractivity contribution in [1.29, 1.82) is 0 Å². The number of nitro groups is 1. The number of nitrogens with two attached hydrogens (primary N) is 1. The Labute approximate surface area is 128 Å². The molecule has 8 heteroatoms. The van der Waals surface area contributed by atoms with Crippen LogP contribution in [0.3, 0.4) is 0 Å². The predicted molar refractivity (Wildman–Crippen MR) is 82.6 cm³/mol. The number of anilines is 1. The first-order valence-corrected chi connectivity index (χ1v) is 7.80. The van der Waals surface area contributed by atoms with Gasteiger partial charge in [0.25, 0.3) is 5.69 Å².